The summed E-state index contributed by atoms with van der Waals surface area (Å²) in [5.74, 6) is 0. The van der Waals surface area contributed by atoms with E-state index in [0.29, 0.717) is 0 Å². The molecule has 0 unspecified atom stereocenters. The van der Waals surface area contributed by atoms with Gasteiger partial charge in [-0.2, -0.15) is 0 Å². The van der Waals surface area contributed by atoms with Crippen molar-refractivity contribution in [3.05, 3.63) is 54.1 Å². The Morgan fingerprint density at radius 2 is 1.62 bits per heavy atom. The van der Waals surface area contributed by atoms with Gasteiger partial charge in [-0.1, -0.05) is 42.5 Å². The van der Waals surface area contributed by atoms with E-state index in [0.717, 1.165) is 12.2 Å². The van der Waals surface area contributed by atoms with E-state index in [4.69, 9.17) is 0 Å². The van der Waals surface area contributed by atoms with Gasteiger partial charge in [0, 0.05) is 11.3 Å². The lowest BCUT2D eigenvalue weighted by atomic mass is 9.98. The average Bonchev–Trinajstić information content (AvgIpc) is 2.33. The van der Waals surface area contributed by atoms with Crippen LogP contribution in [0, 0.1) is 0 Å². The first kappa shape index (κ1) is 9.16. The molecule has 0 aliphatic carbocycles. The van der Waals surface area contributed by atoms with Gasteiger partial charge < -0.3 is 5.32 Å². The molecule has 0 saturated heterocycles. The van der Waals surface area contributed by atoms with Crippen molar-refractivity contribution in [3.8, 4) is 11.1 Å². The highest BCUT2D eigenvalue weighted by Crippen LogP contribution is 2.31. The molecule has 2 aromatic rings. The van der Waals surface area contributed by atoms with Gasteiger partial charge in [-0.15, -0.1) is 0 Å². The topological polar surface area (TPSA) is 24.4 Å². The molecule has 78 valence electrons. The van der Waals surface area contributed by atoms with Crippen molar-refractivity contribution in [2.45, 2.75) is 6.54 Å². The number of hydrogen-bond acceptors (Lipinski definition) is 2. The molecule has 2 heteroatoms. The summed E-state index contributed by atoms with van der Waals surface area (Å²) >= 11 is 0. The van der Waals surface area contributed by atoms with Crippen LogP contribution in [0.4, 0.5) is 5.69 Å². The Hall–Kier alpha value is -2.09. The maximum atomic E-state index is 4.33. The van der Waals surface area contributed by atoms with Crippen LogP contribution in [-0.4, -0.2) is 6.34 Å². The third kappa shape index (κ3) is 1.48. The third-order valence-electron chi connectivity index (χ3n) is 2.81. The summed E-state index contributed by atoms with van der Waals surface area (Å²) in [7, 11) is 0. The minimum Gasteiger partial charge on any atom is -0.346 e. The Bertz CT molecular complexity index is 494. The van der Waals surface area contributed by atoms with Crippen molar-refractivity contribution in [1.29, 1.82) is 0 Å². The highest BCUT2D eigenvalue weighted by atomic mass is 14.9. The van der Waals surface area contributed by atoms with Crippen LogP contribution in [0.15, 0.2) is 53.5 Å². The summed E-state index contributed by atoms with van der Waals surface area (Å²) in [6, 6.07) is 16.7. The van der Waals surface area contributed by atoms with Crippen LogP contribution < -0.4 is 5.32 Å². The SMILES string of the molecule is C1=NCc2ccccc2-c2ccccc2N1. The van der Waals surface area contributed by atoms with Gasteiger partial charge in [0.25, 0.3) is 0 Å². The highest BCUT2D eigenvalue weighted by Gasteiger charge is 2.09. The summed E-state index contributed by atoms with van der Waals surface area (Å²) in [5, 5.41) is 3.21. The van der Waals surface area contributed by atoms with E-state index in [-0.39, 0.29) is 0 Å². The average molecular weight is 208 g/mol. The maximum absolute atomic E-state index is 4.33. The number of benzene rings is 2. The molecular formula is C14H12N2. The minimum atomic E-state index is 0.734. The number of para-hydroxylation sites is 1. The molecule has 2 aromatic carbocycles. The highest BCUT2D eigenvalue weighted by molar-refractivity contribution is 5.88. The zero-order valence-electron chi connectivity index (χ0n) is 8.85. The summed E-state index contributed by atoms with van der Waals surface area (Å²) in [6.07, 6.45) is 1.77. The number of hydrogen-bond donors (Lipinski definition) is 1. The van der Waals surface area contributed by atoms with E-state index in [1.165, 1.54) is 16.7 Å². The molecule has 0 radical (unpaired) electrons. The van der Waals surface area contributed by atoms with E-state index >= 15 is 0 Å². The number of aliphatic imine (C=N–C) groups is 1. The van der Waals surface area contributed by atoms with Crippen LogP contribution in [0.1, 0.15) is 5.56 Å². The van der Waals surface area contributed by atoms with Gasteiger partial charge in [0.1, 0.15) is 0 Å². The van der Waals surface area contributed by atoms with Crippen molar-refractivity contribution in [3.63, 3.8) is 0 Å². The molecule has 1 aliphatic heterocycles. The summed E-state index contributed by atoms with van der Waals surface area (Å²) < 4.78 is 0. The monoisotopic (exact) mass is 208 g/mol. The molecule has 0 spiro atoms. The fraction of sp³-hybridized carbons (Fsp3) is 0.0714. The van der Waals surface area contributed by atoms with Crippen LogP contribution in [-0.2, 0) is 6.54 Å². The molecule has 1 N–H and O–H groups in total. The zero-order valence-corrected chi connectivity index (χ0v) is 8.85. The minimum absolute atomic E-state index is 0.734. The molecule has 0 fully saturated rings. The van der Waals surface area contributed by atoms with Gasteiger partial charge in [0.05, 0.1) is 12.9 Å². The van der Waals surface area contributed by atoms with Crippen molar-refractivity contribution in [1.82, 2.24) is 0 Å². The van der Waals surface area contributed by atoms with E-state index < -0.39 is 0 Å². The number of rotatable bonds is 0. The molecule has 0 aromatic heterocycles. The van der Waals surface area contributed by atoms with Crippen LogP contribution in [0.2, 0.25) is 0 Å². The fourth-order valence-corrected chi connectivity index (χ4v) is 2.02. The lowest BCUT2D eigenvalue weighted by Crippen LogP contribution is -2.02. The van der Waals surface area contributed by atoms with Gasteiger partial charge in [0.15, 0.2) is 0 Å². The Morgan fingerprint density at radius 3 is 2.56 bits per heavy atom. The van der Waals surface area contributed by atoms with E-state index in [1.54, 1.807) is 6.34 Å². The Morgan fingerprint density at radius 1 is 0.875 bits per heavy atom. The third-order valence-corrected chi connectivity index (χ3v) is 2.81. The summed E-state index contributed by atoms with van der Waals surface area (Å²) in [6.45, 7) is 0.734. The number of fused-ring (bicyclic) bond motifs is 3. The first-order chi connectivity index (χ1) is 7.95. The maximum Gasteiger partial charge on any atom is 0.0872 e. The van der Waals surface area contributed by atoms with Crippen LogP contribution in [0.3, 0.4) is 0 Å². The largest absolute Gasteiger partial charge is 0.346 e. The molecule has 1 heterocycles. The standard InChI is InChI=1S/C14H12N2/c1-2-6-12-11(5-1)9-15-10-16-14-8-4-3-7-13(12)14/h1-8,10H,9H2,(H,15,16). The first-order valence-corrected chi connectivity index (χ1v) is 5.37. The van der Waals surface area contributed by atoms with Crippen molar-refractivity contribution in [2.75, 3.05) is 5.32 Å². The second-order valence-electron chi connectivity index (χ2n) is 3.82. The van der Waals surface area contributed by atoms with Gasteiger partial charge >= 0.3 is 0 Å². The lowest BCUT2D eigenvalue weighted by Gasteiger charge is -2.14. The molecule has 1 aliphatic rings. The van der Waals surface area contributed by atoms with Gasteiger partial charge in [0.2, 0.25) is 0 Å². The second-order valence-corrected chi connectivity index (χ2v) is 3.82. The predicted molar refractivity (Wildman–Crippen MR) is 67.7 cm³/mol. The van der Waals surface area contributed by atoms with E-state index in [9.17, 15) is 0 Å². The molecule has 0 bridgehead atoms. The van der Waals surface area contributed by atoms with Crippen LogP contribution in [0.5, 0.6) is 0 Å². The van der Waals surface area contributed by atoms with E-state index in [1.807, 2.05) is 6.07 Å². The van der Waals surface area contributed by atoms with Crippen LogP contribution >= 0.6 is 0 Å². The normalized spacial score (nSPS) is 13.0. The molecule has 16 heavy (non-hydrogen) atoms. The Labute approximate surface area is 94.7 Å². The molecule has 2 nitrogen and oxygen atoms in total. The van der Waals surface area contributed by atoms with Crippen molar-refractivity contribution < 1.29 is 0 Å². The molecule has 3 rings (SSSR count). The molecule has 0 saturated carbocycles. The molecule has 0 amide bonds. The number of anilines is 1. The van der Waals surface area contributed by atoms with E-state index in [2.05, 4.69) is 52.8 Å². The fourth-order valence-electron chi connectivity index (χ4n) is 2.02. The molecular weight excluding hydrogens is 196 g/mol. The van der Waals surface area contributed by atoms with Gasteiger partial charge in [-0.25, -0.2) is 0 Å². The number of nitrogens with one attached hydrogen (secondary N) is 1. The predicted octanol–water partition coefficient (Wildman–Crippen LogP) is 3.31. The van der Waals surface area contributed by atoms with Crippen LogP contribution in [0.25, 0.3) is 11.1 Å². The van der Waals surface area contributed by atoms with Crippen molar-refractivity contribution >= 4 is 12.0 Å². The molecule has 0 atom stereocenters. The lowest BCUT2D eigenvalue weighted by molar-refractivity contribution is 1.07. The zero-order chi connectivity index (χ0) is 10.8. The van der Waals surface area contributed by atoms with Gasteiger partial charge in [-0.05, 0) is 17.2 Å². The number of nitrogens with zero attached hydrogens (tertiary/aromatic N) is 1. The summed E-state index contributed by atoms with van der Waals surface area (Å²) in [4.78, 5) is 4.33. The summed E-state index contributed by atoms with van der Waals surface area (Å²) in [5.41, 5.74) is 4.89. The first-order valence-electron chi connectivity index (χ1n) is 5.37. The second kappa shape index (κ2) is 3.81. The smallest absolute Gasteiger partial charge is 0.0872 e. The quantitative estimate of drug-likeness (QED) is 0.705. The van der Waals surface area contributed by atoms with Gasteiger partial charge in [-0.3, -0.25) is 4.99 Å². The van der Waals surface area contributed by atoms with Crippen molar-refractivity contribution in [2.24, 2.45) is 4.99 Å². The Kier molecular flexibility index (Phi) is 2.18. The Balaban J connectivity index is 2.27.